The van der Waals surface area contributed by atoms with Crippen molar-refractivity contribution in [3.8, 4) is 0 Å². The van der Waals surface area contributed by atoms with E-state index in [9.17, 15) is 4.79 Å². The van der Waals surface area contributed by atoms with Crippen molar-refractivity contribution in [2.45, 2.75) is 40.8 Å². The molecule has 2 aromatic rings. The van der Waals surface area contributed by atoms with Gasteiger partial charge in [-0.05, 0) is 63.2 Å². The Morgan fingerprint density at radius 2 is 1.65 bits per heavy atom. The average molecular weight is 377 g/mol. The Kier molecular flexibility index (Phi) is 8.62. The highest BCUT2D eigenvalue weighted by atomic mass is 35.5. The number of nitrogens with zero attached hydrogens (tertiary/aromatic N) is 1. The highest BCUT2D eigenvalue weighted by molar-refractivity contribution is 5.96. The Morgan fingerprint density at radius 3 is 2.31 bits per heavy atom. The summed E-state index contributed by atoms with van der Waals surface area (Å²) in [6, 6.07) is 13.6. The topological polar surface area (TPSA) is 41.6 Å². The summed E-state index contributed by atoms with van der Waals surface area (Å²) in [6.45, 7) is 11.9. The molecule has 1 unspecified atom stereocenters. The van der Waals surface area contributed by atoms with Gasteiger partial charge in [0.05, 0.1) is 11.3 Å². The number of nitrogens with one attached hydrogen (secondary N) is 1. The van der Waals surface area contributed by atoms with E-state index in [1.165, 1.54) is 11.1 Å². The Hall–Kier alpha value is -2.04. The molecule has 1 N–H and O–H groups in total. The maximum atomic E-state index is 12.7. The second-order valence-electron chi connectivity index (χ2n) is 6.14. The van der Waals surface area contributed by atoms with Crippen LogP contribution in [0.25, 0.3) is 0 Å². The Morgan fingerprint density at radius 1 is 1.04 bits per heavy atom. The predicted octanol–water partition coefficient (Wildman–Crippen LogP) is 5.31. The van der Waals surface area contributed by atoms with Crippen molar-refractivity contribution in [3.63, 3.8) is 0 Å². The standard InChI is InChI=1S/C21H28N2O2.ClH/c1-6-23(7-2)17(5)25-21(24)18-12-8-9-13-20(18)22-19-14-10-11-15(3)16(19)4;/h8-14,17,22H,6-7H2,1-5H3;1H. The minimum absolute atomic E-state index is 0. The van der Waals surface area contributed by atoms with Crippen molar-refractivity contribution in [2.75, 3.05) is 18.4 Å². The number of carbonyl (C=O) groups excluding carboxylic acids is 1. The van der Waals surface area contributed by atoms with Gasteiger partial charge in [0.25, 0.3) is 0 Å². The fourth-order valence-electron chi connectivity index (χ4n) is 2.83. The van der Waals surface area contributed by atoms with Gasteiger partial charge in [-0.1, -0.05) is 38.1 Å². The number of benzene rings is 2. The number of ether oxygens (including phenoxy) is 1. The number of hydrogen-bond donors (Lipinski definition) is 1. The number of carbonyl (C=O) groups is 1. The van der Waals surface area contributed by atoms with Crippen LogP contribution in [0, 0.1) is 13.8 Å². The molecule has 0 radical (unpaired) electrons. The monoisotopic (exact) mass is 376 g/mol. The van der Waals surface area contributed by atoms with Gasteiger partial charge in [0, 0.05) is 5.69 Å². The van der Waals surface area contributed by atoms with E-state index in [-0.39, 0.29) is 24.6 Å². The summed E-state index contributed by atoms with van der Waals surface area (Å²) < 4.78 is 5.66. The zero-order valence-corrected chi connectivity index (χ0v) is 17.0. The number of para-hydroxylation sites is 1. The van der Waals surface area contributed by atoms with E-state index < -0.39 is 0 Å². The smallest absolute Gasteiger partial charge is 0.341 e. The number of halogens is 1. The molecule has 2 aromatic carbocycles. The molecule has 1 atom stereocenters. The van der Waals surface area contributed by atoms with E-state index >= 15 is 0 Å². The summed E-state index contributed by atoms with van der Waals surface area (Å²) >= 11 is 0. The summed E-state index contributed by atoms with van der Waals surface area (Å²) in [6.07, 6.45) is -0.253. The first-order chi connectivity index (χ1) is 12.0. The Bertz CT molecular complexity index is 730. The van der Waals surface area contributed by atoms with E-state index in [4.69, 9.17) is 4.74 Å². The summed E-state index contributed by atoms with van der Waals surface area (Å²) in [4.78, 5) is 14.8. The van der Waals surface area contributed by atoms with Crippen LogP contribution in [-0.2, 0) is 4.74 Å². The van der Waals surface area contributed by atoms with Gasteiger partial charge in [-0.15, -0.1) is 12.4 Å². The molecule has 0 amide bonds. The molecule has 0 saturated carbocycles. The molecule has 0 bridgehead atoms. The lowest BCUT2D eigenvalue weighted by Gasteiger charge is -2.26. The van der Waals surface area contributed by atoms with Gasteiger partial charge in [0.15, 0.2) is 6.23 Å². The molecule has 26 heavy (non-hydrogen) atoms. The van der Waals surface area contributed by atoms with Gasteiger partial charge in [-0.3, -0.25) is 4.90 Å². The van der Waals surface area contributed by atoms with Crippen LogP contribution in [0.2, 0.25) is 0 Å². The third kappa shape index (κ3) is 5.23. The maximum absolute atomic E-state index is 12.7. The van der Waals surface area contributed by atoms with Crippen LogP contribution in [0.1, 0.15) is 42.3 Å². The normalized spacial score (nSPS) is 11.6. The van der Waals surface area contributed by atoms with Crippen molar-refractivity contribution >= 4 is 29.8 Å². The van der Waals surface area contributed by atoms with Crippen molar-refractivity contribution in [3.05, 3.63) is 59.2 Å². The largest absolute Gasteiger partial charge is 0.443 e. The van der Waals surface area contributed by atoms with Crippen LogP contribution in [-0.4, -0.2) is 30.2 Å². The second-order valence-corrected chi connectivity index (χ2v) is 6.14. The van der Waals surface area contributed by atoms with Crippen LogP contribution in [0.4, 0.5) is 11.4 Å². The van der Waals surface area contributed by atoms with Crippen molar-refractivity contribution in [1.29, 1.82) is 0 Å². The molecule has 0 fully saturated rings. The first kappa shape index (κ1) is 22.0. The minimum atomic E-state index is -0.312. The molecule has 0 aliphatic rings. The van der Waals surface area contributed by atoms with Gasteiger partial charge in [0.1, 0.15) is 0 Å². The van der Waals surface area contributed by atoms with Gasteiger partial charge in [-0.2, -0.15) is 0 Å². The molecule has 0 aromatic heterocycles. The van der Waals surface area contributed by atoms with Crippen LogP contribution < -0.4 is 5.32 Å². The van der Waals surface area contributed by atoms with Gasteiger partial charge in [-0.25, -0.2) is 4.79 Å². The van der Waals surface area contributed by atoms with Crippen LogP contribution in [0.15, 0.2) is 42.5 Å². The predicted molar refractivity (Wildman–Crippen MR) is 111 cm³/mol. The summed E-state index contributed by atoms with van der Waals surface area (Å²) in [5.74, 6) is -0.312. The average Bonchev–Trinajstić information content (AvgIpc) is 2.60. The maximum Gasteiger partial charge on any atom is 0.341 e. The van der Waals surface area contributed by atoms with Gasteiger partial charge >= 0.3 is 5.97 Å². The van der Waals surface area contributed by atoms with Crippen LogP contribution >= 0.6 is 12.4 Å². The second kappa shape index (κ2) is 10.2. The van der Waals surface area contributed by atoms with Crippen molar-refractivity contribution in [1.82, 2.24) is 4.90 Å². The van der Waals surface area contributed by atoms with E-state index in [1.807, 2.05) is 37.3 Å². The molecule has 0 heterocycles. The quantitative estimate of drug-likeness (QED) is 0.525. The minimum Gasteiger partial charge on any atom is -0.443 e. The Labute approximate surface area is 163 Å². The van der Waals surface area contributed by atoms with Crippen LogP contribution in [0.5, 0.6) is 0 Å². The van der Waals surface area contributed by atoms with Crippen LogP contribution in [0.3, 0.4) is 0 Å². The van der Waals surface area contributed by atoms with Gasteiger partial charge < -0.3 is 10.1 Å². The fraction of sp³-hybridized carbons (Fsp3) is 0.381. The van der Waals surface area contributed by atoms with E-state index in [0.717, 1.165) is 24.5 Å². The first-order valence-corrected chi connectivity index (χ1v) is 8.85. The lowest BCUT2D eigenvalue weighted by atomic mass is 10.1. The zero-order chi connectivity index (χ0) is 18.4. The van der Waals surface area contributed by atoms with E-state index in [2.05, 4.69) is 44.0 Å². The molecule has 0 spiro atoms. The summed E-state index contributed by atoms with van der Waals surface area (Å²) in [5.41, 5.74) is 4.68. The van der Waals surface area contributed by atoms with Gasteiger partial charge in [0.2, 0.25) is 0 Å². The third-order valence-electron chi connectivity index (χ3n) is 4.63. The number of hydrogen-bond acceptors (Lipinski definition) is 4. The van der Waals surface area contributed by atoms with E-state index in [1.54, 1.807) is 6.07 Å². The number of rotatable bonds is 7. The molecule has 2 rings (SSSR count). The number of anilines is 2. The highest BCUT2D eigenvalue weighted by Gasteiger charge is 2.19. The molecular formula is C21H29ClN2O2. The molecule has 0 saturated heterocycles. The molecular weight excluding hydrogens is 348 g/mol. The molecule has 0 aliphatic heterocycles. The third-order valence-corrected chi connectivity index (χ3v) is 4.63. The Balaban J connectivity index is 0.00000338. The molecule has 142 valence electrons. The molecule has 4 nitrogen and oxygen atoms in total. The highest BCUT2D eigenvalue weighted by Crippen LogP contribution is 2.26. The fourth-order valence-corrected chi connectivity index (χ4v) is 2.83. The van der Waals surface area contributed by atoms with E-state index in [0.29, 0.717) is 5.56 Å². The lowest BCUT2D eigenvalue weighted by Crippen LogP contribution is -2.36. The molecule has 0 aliphatic carbocycles. The zero-order valence-electron chi connectivity index (χ0n) is 16.2. The summed E-state index contributed by atoms with van der Waals surface area (Å²) in [7, 11) is 0. The number of aryl methyl sites for hydroxylation is 1. The summed E-state index contributed by atoms with van der Waals surface area (Å²) in [5, 5.41) is 3.38. The first-order valence-electron chi connectivity index (χ1n) is 8.85. The van der Waals surface area contributed by atoms with Crippen molar-refractivity contribution in [2.24, 2.45) is 0 Å². The lowest BCUT2D eigenvalue weighted by molar-refractivity contribution is -0.0196. The molecule has 5 heteroatoms. The van der Waals surface area contributed by atoms with Crippen molar-refractivity contribution < 1.29 is 9.53 Å². The SMILES string of the molecule is CCN(CC)C(C)OC(=O)c1ccccc1Nc1cccc(C)c1C.Cl. The number of esters is 1.